The van der Waals surface area contributed by atoms with Gasteiger partial charge in [0.2, 0.25) is 0 Å². The molecule has 2 rings (SSSR count). The van der Waals surface area contributed by atoms with E-state index in [4.69, 9.17) is 18.9 Å². The van der Waals surface area contributed by atoms with E-state index < -0.39 is 11.9 Å². The topological polar surface area (TPSA) is 91.3 Å². The fourth-order valence-electron chi connectivity index (χ4n) is 2.43. The summed E-state index contributed by atoms with van der Waals surface area (Å²) in [7, 11) is 4.36. The van der Waals surface area contributed by atoms with Crippen molar-refractivity contribution in [3.05, 3.63) is 47.0 Å². The molecular formula is C19H20O7S. The van der Waals surface area contributed by atoms with Crippen molar-refractivity contribution in [3.8, 4) is 23.0 Å². The van der Waals surface area contributed by atoms with E-state index >= 15 is 0 Å². The van der Waals surface area contributed by atoms with Gasteiger partial charge in [-0.2, -0.15) is 11.8 Å². The van der Waals surface area contributed by atoms with E-state index in [1.54, 1.807) is 12.1 Å². The highest BCUT2D eigenvalue weighted by molar-refractivity contribution is 7.97. The van der Waals surface area contributed by atoms with E-state index in [2.05, 4.69) is 0 Å². The van der Waals surface area contributed by atoms with Crippen molar-refractivity contribution >= 4 is 23.7 Å². The quantitative estimate of drug-likeness (QED) is 0.539. The van der Waals surface area contributed by atoms with E-state index in [9.17, 15) is 14.7 Å². The minimum absolute atomic E-state index is 0.0572. The van der Waals surface area contributed by atoms with Crippen molar-refractivity contribution in [2.75, 3.05) is 27.6 Å². The fraction of sp³-hybridized carbons (Fsp3) is 0.263. The summed E-state index contributed by atoms with van der Waals surface area (Å²) in [4.78, 5) is 23.9. The second-order valence-electron chi connectivity index (χ2n) is 5.36. The zero-order valence-corrected chi connectivity index (χ0v) is 16.2. The van der Waals surface area contributed by atoms with Gasteiger partial charge in [-0.25, -0.2) is 9.59 Å². The number of methoxy groups -OCH3 is 3. The van der Waals surface area contributed by atoms with Crippen LogP contribution >= 0.6 is 11.8 Å². The molecule has 0 radical (unpaired) electrons. The van der Waals surface area contributed by atoms with Gasteiger partial charge in [0.25, 0.3) is 0 Å². The Morgan fingerprint density at radius 3 is 2.11 bits per heavy atom. The number of aromatic carboxylic acids is 1. The number of carbonyl (C=O) groups excluding carboxylic acids is 1. The normalized spacial score (nSPS) is 10.2. The third-order valence-electron chi connectivity index (χ3n) is 3.71. The predicted octanol–water partition coefficient (Wildman–Crippen LogP) is 3.49. The monoisotopic (exact) mass is 392 g/mol. The molecule has 0 saturated carbocycles. The lowest BCUT2D eigenvalue weighted by molar-refractivity contribution is 0.0696. The molecule has 0 bridgehead atoms. The summed E-state index contributed by atoms with van der Waals surface area (Å²) in [6.07, 6.45) is 1.86. The second kappa shape index (κ2) is 9.18. The molecular weight excluding hydrogens is 372 g/mol. The summed E-state index contributed by atoms with van der Waals surface area (Å²) in [5, 5.41) is 9.26. The Labute approximate surface area is 161 Å². The van der Waals surface area contributed by atoms with Crippen molar-refractivity contribution < 1.29 is 33.6 Å². The van der Waals surface area contributed by atoms with Crippen molar-refractivity contribution in [1.29, 1.82) is 0 Å². The van der Waals surface area contributed by atoms with Gasteiger partial charge in [0.15, 0.2) is 23.0 Å². The van der Waals surface area contributed by atoms with Crippen LogP contribution in [0.4, 0.5) is 0 Å². The number of hydrogen-bond donors (Lipinski definition) is 1. The lowest BCUT2D eigenvalue weighted by atomic mass is 10.1. The largest absolute Gasteiger partial charge is 0.493 e. The molecule has 0 fully saturated rings. The molecule has 0 saturated heterocycles. The average Bonchev–Trinajstić information content (AvgIpc) is 2.68. The van der Waals surface area contributed by atoms with E-state index in [1.807, 2.05) is 6.26 Å². The van der Waals surface area contributed by atoms with Crippen LogP contribution in [-0.4, -0.2) is 44.6 Å². The van der Waals surface area contributed by atoms with Gasteiger partial charge in [-0.1, -0.05) is 0 Å². The molecule has 0 amide bonds. The number of carboxylic acid groups (broad SMARTS) is 1. The molecule has 8 heteroatoms. The Kier molecular flexibility index (Phi) is 6.95. The zero-order chi connectivity index (χ0) is 20.0. The van der Waals surface area contributed by atoms with Crippen molar-refractivity contribution in [1.82, 2.24) is 0 Å². The lowest BCUT2D eigenvalue weighted by Gasteiger charge is -2.15. The van der Waals surface area contributed by atoms with Crippen LogP contribution in [0.15, 0.2) is 30.3 Å². The lowest BCUT2D eigenvalue weighted by Crippen LogP contribution is -2.12. The van der Waals surface area contributed by atoms with Crippen LogP contribution in [0.3, 0.4) is 0 Å². The Morgan fingerprint density at radius 2 is 1.56 bits per heavy atom. The predicted molar refractivity (Wildman–Crippen MR) is 102 cm³/mol. The Hall–Kier alpha value is -2.87. The van der Waals surface area contributed by atoms with Crippen molar-refractivity contribution in [2.24, 2.45) is 0 Å². The van der Waals surface area contributed by atoms with Gasteiger partial charge in [-0.05, 0) is 36.6 Å². The number of carboxylic acids is 1. The Bertz CT molecular complexity index is 848. The minimum Gasteiger partial charge on any atom is -0.493 e. The van der Waals surface area contributed by atoms with Crippen LogP contribution in [0.5, 0.6) is 23.0 Å². The molecule has 7 nitrogen and oxygen atoms in total. The SMILES string of the molecule is COc1ccc(C(=O)Oc2c(CSC)cc(C(=O)O)cc2OC)cc1OC. The van der Waals surface area contributed by atoms with Gasteiger partial charge in [0.05, 0.1) is 32.5 Å². The molecule has 0 aliphatic rings. The first-order chi connectivity index (χ1) is 12.9. The molecule has 0 spiro atoms. The number of rotatable bonds is 8. The number of ether oxygens (including phenoxy) is 4. The maximum absolute atomic E-state index is 12.6. The van der Waals surface area contributed by atoms with Gasteiger partial charge in [0.1, 0.15) is 0 Å². The van der Waals surface area contributed by atoms with Gasteiger partial charge in [0, 0.05) is 11.3 Å². The summed E-state index contributed by atoms with van der Waals surface area (Å²) in [6.45, 7) is 0. The smallest absolute Gasteiger partial charge is 0.343 e. The van der Waals surface area contributed by atoms with E-state index in [0.717, 1.165) is 0 Å². The van der Waals surface area contributed by atoms with Gasteiger partial charge >= 0.3 is 11.9 Å². The van der Waals surface area contributed by atoms with Crippen LogP contribution in [0, 0.1) is 0 Å². The minimum atomic E-state index is -1.09. The van der Waals surface area contributed by atoms with E-state index in [1.165, 1.54) is 51.3 Å². The Balaban J connectivity index is 2.43. The highest BCUT2D eigenvalue weighted by Crippen LogP contribution is 2.36. The van der Waals surface area contributed by atoms with Crippen molar-refractivity contribution in [3.63, 3.8) is 0 Å². The third-order valence-corrected chi connectivity index (χ3v) is 4.31. The Morgan fingerprint density at radius 1 is 0.926 bits per heavy atom. The first-order valence-electron chi connectivity index (χ1n) is 7.82. The maximum Gasteiger partial charge on any atom is 0.343 e. The maximum atomic E-state index is 12.6. The zero-order valence-electron chi connectivity index (χ0n) is 15.4. The first-order valence-corrected chi connectivity index (χ1v) is 9.21. The molecule has 2 aromatic carbocycles. The van der Waals surface area contributed by atoms with E-state index in [-0.39, 0.29) is 22.6 Å². The molecule has 2 aromatic rings. The molecule has 0 aromatic heterocycles. The van der Waals surface area contributed by atoms with Gasteiger partial charge in [-0.3, -0.25) is 0 Å². The standard InChI is InChI=1S/C19H20O7S/c1-23-14-6-5-11(8-15(14)24-2)19(22)26-17-13(10-27-4)7-12(18(20)21)9-16(17)25-3/h5-9H,10H2,1-4H3,(H,20,21). The number of thioether (sulfide) groups is 1. The van der Waals surface area contributed by atoms with Crippen molar-refractivity contribution in [2.45, 2.75) is 5.75 Å². The third kappa shape index (κ3) is 4.65. The molecule has 0 unspecified atom stereocenters. The van der Waals surface area contributed by atoms with Crippen LogP contribution in [0.25, 0.3) is 0 Å². The molecule has 1 N–H and O–H groups in total. The van der Waals surface area contributed by atoms with Crippen LogP contribution in [-0.2, 0) is 5.75 Å². The molecule has 0 heterocycles. The summed E-state index contributed by atoms with van der Waals surface area (Å²) < 4.78 is 21.2. The molecule has 27 heavy (non-hydrogen) atoms. The van der Waals surface area contributed by atoms with Gasteiger partial charge in [-0.15, -0.1) is 0 Å². The van der Waals surface area contributed by atoms with E-state index in [0.29, 0.717) is 22.8 Å². The molecule has 0 aliphatic heterocycles. The number of carbonyl (C=O) groups is 2. The van der Waals surface area contributed by atoms with Crippen LogP contribution in [0.1, 0.15) is 26.3 Å². The number of benzene rings is 2. The average molecular weight is 392 g/mol. The molecule has 0 aliphatic carbocycles. The highest BCUT2D eigenvalue weighted by atomic mass is 32.2. The summed E-state index contributed by atoms with van der Waals surface area (Å²) in [6, 6.07) is 7.45. The molecule has 0 atom stereocenters. The summed E-state index contributed by atoms with van der Waals surface area (Å²) in [5.74, 6) is -0.0195. The van der Waals surface area contributed by atoms with Crippen LogP contribution < -0.4 is 18.9 Å². The summed E-state index contributed by atoms with van der Waals surface area (Å²) >= 11 is 1.47. The fourth-order valence-corrected chi connectivity index (χ4v) is 2.95. The van der Waals surface area contributed by atoms with Crippen LogP contribution in [0.2, 0.25) is 0 Å². The number of esters is 1. The van der Waals surface area contributed by atoms with Gasteiger partial charge < -0.3 is 24.1 Å². The highest BCUT2D eigenvalue weighted by Gasteiger charge is 2.20. The molecule has 144 valence electrons. The number of hydrogen-bond acceptors (Lipinski definition) is 7. The second-order valence-corrected chi connectivity index (χ2v) is 6.23. The first kappa shape index (κ1) is 20.4. The summed E-state index contributed by atoms with van der Waals surface area (Å²) in [5.41, 5.74) is 0.863.